The molecule has 1 fully saturated rings. The van der Waals surface area contributed by atoms with Gasteiger partial charge in [0, 0.05) is 42.0 Å². The lowest BCUT2D eigenvalue weighted by Gasteiger charge is -2.35. The maximum atomic E-state index is 5.96. The molecule has 1 unspecified atom stereocenters. The molecule has 3 heterocycles. The van der Waals surface area contributed by atoms with Crippen LogP contribution in [0.1, 0.15) is 23.3 Å². The van der Waals surface area contributed by atoms with E-state index in [1.54, 1.807) is 0 Å². The molecule has 0 amide bonds. The number of aromatic nitrogens is 1. The summed E-state index contributed by atoms with van der Waals surface area (Å²) in [5, 5.41) is 4.87. The number of ether oxygens (including phenoxy) is 2. The van der Waals surface area contributed by atoms with Crippen molar-refractivity contribution in [3.05, 3.63) is 61.8 Å². The second-order valence-electron chi connectivity index (χ2n) is 6.12. The summed E-state index contributed by atoms with van der Waals surface area (Å²) >= 11 is 5.91. The van der Waals surface area contributed by atoms with Crippen molar-refractivity contribution in [3.8, 4) is 0 Å². The van der Waals surface area contributed by atoms with Crippen molar-refractivity contribution in [1.82, 2.24) is 4.98 Å². The van der Waals surface area contributed by atoms with E-state index in [1.807, 2.05) is 6.07 Å². The molecule has 122 valence electrons. The van der Waals surface area contributed by atoms with E-state index in [0.717, 1.165) is 15.7 Å². The fourth-order valence-corrected chi connectivity index (χ4v) is 4.56. The lowest BCUT2D eigenvalue weighted by atomic mass is 9.88. The molecule has 0 saturated carbocycles. The van der Waals surface area contributed by atoms with Crippen molar-refractivity contribution >= 4 is 55.1 Å². The van der Waals surface area contributed by atoms with Crippen molar-refractivity contribution in [2.45, 2.75) is 18.2 Å². The van der Waals surface area contributed by atoms with Gasteiger partial charge in [0.25, 0.3) is 0 Å². The van der Waals surface area contributed by atoms with Crippen LogP contribution in [0.4, 0.5) is 5.69 Å². The number of H-pyrrole nitrogens is 1. The number of anilines is 1. The van der Waals surface area contributed by atoms with Crippen LogP contribution in [0.25, 0.3) is 10.9 Å². The first-order valence-corrected chi connectivity index (χ1v) is 9.63. The molecule has 4 nitrogen and oxygen atoms in total. The lowest BCUT2D eigenvalue weighted by Crippen LogP contribution is -2.34. The van der Waals surface area contributed by atoms with Gasteiger partial charge in [-0.3, -0.25) is 0 Å². The third kappa shape index (κ3) is 2.31. The summed E-state index contributed by atoms with van der Waals surface area (Å²) in [6.07, 6.45) is 2.01. The predicted molar refractivity (Wildman–Crippen MR) is 105 cm³/mol. The van der Waals surface area contributed by atoms with Crippen molar-refractivity contribution in [1.29, 1.82) is 0 Å². The Bertz CT molecular complexity index is 942. The zero-order valence-corrected chi connectivity index (χ0v) is 16.3. The van der Waals surface area contributed by atoms with Crippen molar-refractivity contribution in [3.63, 3.8) is 0 Å². The molecule has 2 aromatic carbocycles. The number of rotatable bonds is 1. The maximum Gasteiger partial charge on any atom is 0.148 e. The van der Waals surface area contributed by atoms with Crippen molar-refractivity contribution < 1.29 is 9.47 Å². The van der Waals surface area contributed by atoms with Gasteiger partial charge >= 0.3 is 0 Å². The standard InChI is InChI=1S/C18H14BrIN2O2/c19-9-1-3-14-11(5-9)13(7-21-14)16-18-17(23-8-24-18)12-6-10(20)2-4-15(12)22-16/h1-7,16-18,21-22H,8H2/t16?,17-,18+/m1/s1. The molecule has 5 rings (SSSR count). The summed E-state index contributed by atoms with van der Waals surface area (Å²) in [5.74, 6) is 0. The third-order valence-corrected chi connectivity index (χ3v) is 5.94. The van der Waals surface area contributed by atoms with E-state index in [9.17, 15) is 0 Å². The van der Waals surface area contributed by atoms with Gasteiger partial charge in [0.2, 0.25) is 0 Å². The van der Waals surface area contributed by atoms with Gasteiger partial charge in [0.15, 0.2) is 0 Å². The minimum absolute atomic E-state index is 0.0296. The van der Waals surface area contributed by atoms with E-state index in [-0.39, 0.29) is 18.2 Å². The molecular weight excluding hydrogens is 483 g/mol. The summed E-state index contributed by atoms with van der Waals surface area (Å²) in [5.41, 5.74) is 4.63. The largest absolute Gasteiger partial charge is 0.375 e. The lowest BCUT2D eigenvalue weighted by molar-refractivity contribution is 0.0367. The number of benzene rings is 2. The Morgan fingerprint density at radius 2 is 2.00 bits per heavy atom. The topological polar surface area (TPSA) is 46.3 Å². The van der Waals surface area contributed by atoms with Gasteiger partial charge < -0.3 is 19.8 Å². The molecule has 1 saturated heterocycles. The molecule has 3 atom stereocenters. The highest BCUT2D eigenvalue weighted by Crippen LogP contribution is 2.47. The van der Waals surface area contributed by atoms with Gasteiger partial charge in [-0.2, -0.15) is 0 Å². The Labute approximate surface area is 161 Å². The second kappa shape index (κ2) is 5.72. The summed E-state index contributed by atoms with van der Waals surface area (Å²) in [6, 6.07) is 12.8. The van der Waals surface area contributed by atoms with Crippen LogP contribution in [0.2, 0.25) is 0 Å². The highest BCUT2D eigenvalue weighted by Gasteiger charge is 2.43. The minimum atomic E-state index is -0.0336. The molecule has 3 aromatic rings. The van der Waals surface area contributed by atoms with E-state index < -0.39 is 0 Å². The van der Waals surface area contributed by atoms with E-state index in [4.69, 9.17) is 9.47 Å². The molecule has 24 heavy (non-hydrogen) atoms. The van der Waals surface area contributed by atoms with E-state index in [2.05, 4.69) is 85.4 Å². The van der Waals surface area contributed by atoms with Crippen LogP contribution in [0.15, 0.2) is 47.1 Å². The summed E-state index contributed by atoms with van der Waals surface area (Å²) in [6.45, 7) is 0.338. The Kier molecular flexibility index (Phi) is 3.62. The van der Waals surface area contributed by atoms with Crippen LogP contribution in [0.5, 0.6) is 0 Å². The summed E-state index contributed by atoms with van der Waals surface area (Å²) in [4.78, 5) is 3.37. The van der Waals surface area contributed by atoms with Gasteiger partial charge in [0.1, 0.15) is 19.0 Å². The molecule has 2 aliphatic heterocycles. The molecule has 6 heteroatoms. The van der Waals surface area contributed by atoms with Crippen LogP contribution in [0, 0.1) is 3.57 Å². The Hall–Kier alpha value is -1.09. The van der Waals surface area contributed by atoms with Crippen LogP contribution in [-0.2, 0) is 9.47 Å². The monoisotopic (exact) mass is 496 g/mol. The first-order chi connectivity index (χ1) is 11.7. The van der Waals surface area contributed by atoms with E-state index >= 15 is 0 Å². The summed E-state index contributed by atoms with van der Waals surface area (Å²) in [7, 11) is 0. The molecule has 0 aliphatic carbocycles. The first kappa shape index (κ1) is 15.2. The zero-order chi connectivity index (χ0) is 16.3. The van der Waals surface area contributed by atoms with Crippen molar-refractivity contribution in [2.75, 3.05) is 12.1 Å². The average molecular weight is 497 g/mol. The number of fused-ring (bicyclic) bond motifs is 4. The molecule has 0 spiro atoms. The van der Waals surface area contributed by atoms with Crippen molar-refractivity contribution in [2.24, 2.45) is 0 Å². The molecule has 0 radical (unpaired) electrons. The van der Waals surface area contributed by atoms with E-state index in [0.29, 0.717) is 6.79 Å². The number of hydrogen-bond acceptors (Lipinski definition) is 3. The number of aromatic amines is 1. The number of halogens is 2. The van der Waals surface area contributed by atoms with Gasteiger partial charge in [-0.15, -0.1) is 0 Å². The molecule has 0 bridgehead atoms. The Morgan fingerprint density at radius 3 is 2.92 bits per heavy atom. The summed E-state index contributed by atoms with van der Waals surface area (Å²) < 4.78 is 14.2. The molecule has 2 N–H and O–H groups in total. The SMILES string of the molecule is Brc1ccc2[nH]cc(C3Nc4ccc(I)cc4[C@H]4OCO[C@@H]34)c2c1. The van der Waals surface area contributed by atoms with Gasteiger partial charge in [0.05, 0.1) is 6.04 Å². The number of nitrogens with one attached hydrogen (secondary N) is 2. The fraction of sp³-hybridized carbons (Fsp3) is 0.222. The highest BCUT2D eigenvalue weighted by atomic mass is 127. The van der Waals surface area contributed by atoms with Gasteiger partial charge in [-0.25, -0.2) is 0 Å². The van der Waals surface area contributed by atoms with Gasteiger partial charge in [-0.1, -0.05) is 15.9 Å². The minimum Gasteiger partial charge on any atom is -0.375 e. The van der Waals surface area contributed by atoms with Crippen LogP contribution >= 0.6 is 38.5 Å². The highest BCUT2D eigenvalue weighted by molar-refractivity contribution is 14.1. The van der Waals surface area contributed by atoms with Crippen LogP contribution in [0.3, 0.4) is 0 Å². The van der Waals surface area contributed by atoms with Crippen LogP contribution in [-0.4, -0.2) is 17.9 Å². The molecular formula is C18H14BrIN2O2. The fourth-order valence-electron chi connectivity index (χ4n) is 3.69. The second-order valence-corrected chi connectivity index (χ2v) is 8.29. The van der Waals surface area contributed by atoms with Crippen LogP contribution < -0.4 is 5.32 Å². The van der Waals surface area contributed by atoms with E-state index in [1.165, 1.54) is 20.1 Å². The molecule has 1 aromatic heterocycles. The first-order valence-electron chi connectivity index (χ1n) is 7.76. The zero-order valence-electron chi connectivity index (χ0n) is 12.6. The Morgan fingerprint density at radius 1 is 1.08 bits per heavy atom. The average Bonchev–Trinajstić information content (AvgIpc) is 3.21. The Balaban J connectivity index is 1.65. The molecule has 2 aliphatic rings. The quantitative estimate of drug-likeness (QED) is 0.460. The predicted octanol–water partition coefficient (Wildman–Crippen LogP) is 5.12. The normalized spacial score (nSPS) is 25.3. The van der Waals surface area contributed by atoms with Gasteiger partial charge in [-0.05, 0) is 59.0 Å². The smallest absolute Gasteiger partial charge is 0.148 e. The maximum absolute atomic E-state index is 5.96. The third-order valence-electron chi connectivity index (χ3n) is 4.78. The number of hydrogen-bond donors (Lipinski definition) is 2.